The molecular weight excluding hydrogens is 384 g/mol. The first kappa shape index (κ1) is 18.6. The van der Waals surface area contributed by atoms with Crippen molar-refractivity contribution in [2.75, 3.05) is 36.0 Å². The summed E-state index contributed by atoms with van der Waals surface area (Å²) in [6, 6.07) is 14.7. The van der Waals surface area contributed by atoms with Gasteiger partial charge in [-0.2, -0.15) is 0 Å². The number of nitrogens with one attached hydrogen (secondary N) is 1. The molecule has 2 fully saturated rings. The fraction of sp³-hybridized carbons (Fsp3) is 0.400. The molecule has 2 saturated heterocycles. The Morgan fingerprint density at radius 2 is 1.42 bits per heavy atom. The number of aromatic amines is 1. The van der Waals surface area contributed by atoms with Gasteiger partial charge in [0.05, 0.1) is 22.1 Å². The predicted molar refractivity (Wildman–Crippen MR) is 126 cm³/mol. The number of anilines is 2. The molecule has 158 valence electrons. The number of fused-ring (bicyclic) bond motifs is 2. The van der Waals surface area contributed by atoms with Crippen LogP contribution in [0.25, 0.3) is 22.1 Å². The minimum absolute atomic E-state index is 0.465. The fourth-order valence-corrected chi connectivity index (χ4v) is 5.04. The van der Waals surface area contributed by atoms with Gasteiger partial charge in [0.15, 0.2) is 11.6 Å². The lowest BCUT2D eigenvalue weighted by atomic mass is 9.96. The highest BCUT2D eigenvalue weighted by atomic mass is 15.3. The molecule has 0 bridgehead atoms. The van der Waals surface area contributed by atoms with Crippen molar-refractivity contribution >= 4 is 33.7 Å². The molecule has 2 aliphatic rings. The van der Waals surface area contributed by atoms with E-state index < -0.39 is 0 Å². The summed E-state index contributed by atoms with van der Waals surface area (Å²) >= 11 is 0. The summed E-state index contributed by atoms with van der Waals surface area (Å²) in [6.07, 6.45) is 4.63. The topological polar surface area (TPSA) is 60.9 Å². The number of H-pyrrole nitrogens is 1. The van der Waals surface area contributed by atoms with Crippen molar-refractivity contribution < 1.29 is 0 Å². The molecule has 6 nitrogen and oxygen atoms in total. The third kappa shape index (κ3) is 3.40. The minimum Gasteiger partial charge on any atom is -0.354 e. The zero-order valence-corrected chi connectivity index (χ0v) is 18.0. The summed E-state index contributed by atoms with van der Waals surface area (Å²) in [6.45, 7) is 6.24. The SMILES string of the molecule is Cc1ccc2nc(C3CCN(c4nc5ccccc5nc4N4CCCC4)CC3)[nH]c2c1. The van der Waals surface area contributed by atoms with E-state index in [0.717, 1.165) is 78.5 Å². The highest BCUT2D eigenvalue weighted by molar-refractivity contribution is 5.81. The number of imidazole rings is 1. The Hall–Kier alpha value is -3.15. The van der Waals surface area contributed by atoms with Crippen molar-refractivity contribution in [2.24, 2.45) is 0 Å². The number of rotatable bonds is 3. The van der Waals surface area contributed by atoms with Crippen molar-refractivity contribution in [3.8, 4) is 0 Å². The van der Waals surface area contributed by atoms with Crippen LogP contribution in [0.2, 0.25) is 0 Å². The molecule has 1 N–H and O–H groups in total. The molecule has 31 heavy (non-hydrogen) atoms. The van der Waals surface area contributed by atoms with Gasteiger partial charge in [0.2, 0.25) is 0 Å². The van der Waals surface area contributed by atoms with Gasteiger partial charge in [0.1, 0.15) is 5.82 Å². The molecule has 4 aromatic rings. The molecule has 2 aromatic carbocycles. The molecule has 4 heterocycles. The van der Waals surface area contributed by atoms with E-state index in [1.165, 1.54) is 18.4 Å². The fourth-order valence-electron chi connectivity index (χ4n) is 5.04. The first-order valence-corrected chi connectivity index (χ1v) is 11.5. The van der Waals surface area contributed by atoms with Crippen molar-refractivity contribution in [1.82, 2.24) is 19.9 Å². The number of benzene rings is 2. The number of piperidine rings is 1. The maximum Gasteiger partial charge on any atom is 0.172 e. The van der Waals surface area contributed by atoms with E-state index >= 15 is 0 Å². The van der Waals surface area contributed by atoms with Crippen molar-refractivity contribution in [2.45, 2.75) is 38.5 Å². The maximum atomic E-state index is 5.08. The van der Waals surface area contributed by atoms with Crippen LogP contribution in [0.5, 0.6) is 0 Å². The van der Waals surface area contributed by atoms with Gasteiger partial charge in [-0.25, -0.2) is 15.0 Å². The molecule has 2 aromatic heterocycles. The van der Waals surface area contributed by atoms with Crippen LogP contribution >= 0.6 is 0 Å². The Morgan fingerprint density at radius 3 is 2.10 bits per heavy atom. The van der Waals surface area contributed by atoms with Crippen LogP contribution in [0.4, 0.5) is 11.6 Å². The molecule has 0 atom stereocenters. The van der Waals surface area contributed by atoms with E-state index in [1.807, 2.05) is 12.1 Å². The summed E-state index contributed by atoms with van der Waals surface area (Å²) in [5.74, 6) is 3.71. The van der Waals surface area contributed by atoms with E-state index in [0.29, 0.717) is 5.92 Å². The van der Waals surface area contributed by atoms with Gasteiger partial charge in [-0.3, -0.25) is 0 Å². The number of hydrogen-bond acceptors (Lipinski definition) is 5. The van der Waals surface area contributed by atoms with E-state index in [4.69, 9.17) is 15.0 Å². The first-order chi connectivity index (χ1) is 15.2. The summed E-state index contributed by atoms with van der Waals surface area (Å²) in [4.78, 5) is 23.5. The van der Waals surface area contributed by atoms with Crippen LogP contribution in [0, 0.1) is 6.92 Å². The molecule has 6 heteroatoms. The lowest BCUT2D eigenvalue weighted by Crippen LogP contribution is -2.35. The number of para-hydroxylation sites is 2. The van der Waals surface area contributed by atoms with Crippen LogP contribution in [-0.4, -0.2) is 46.1 Å². The molecular formula is C25H28N6. The van der Waals surface area contributed by atoms with E-state index in [1.54, 1.807) is 0 Å². The zero-order valence-electron chi connectivity index (χ0n) is 18.0. The van der Waals surface area contributed by atoms with Gasteiger partial charge in [-0.05, 0) is 62.4 Å². The van der Waals surface area contributed by atoms with Crippen molar-refractivity contribution in [3.63, 3.8) is 0 Å². The van der Waals surface area contributed by atoms with Crippen molar-refractivity contribution in [1.29, 1.82) is 0 Å². The molecule has 0 unspecified atom stereocenters. The molecule has 0 saturated carbocycles. The maximum absolute atomic E-state index is 5.08. The Kier molecular flexibility index (Phi) is 4.51. The molecule has 0 radical (unpaired) electrons. The van der Waals surface area contributed by atoms with Gasteiger partial charge in [0.25, 0.3) is 0 Å². The summed E-state index contributed by atoms with van der Waals surface area (Å²) in [7, 11) is 0. The van der Waals surface area contributed by atoms with Gasteiger partial charge in [-0.1, -0.05) is 18.2 Å². The second kappa shape index (κ2) is 7.52. The largest absolute Gasteiger partial charge is 0.354 e. The third-order valence-electron chi connectivity index (χ3n) is 6.78. The van der Waals surface area contributed by atoms with Gasteiger partial charge in [-0.15, -0.1) is 0 Å². The number of aryl methyl sites for hydroxylation is 1. The minimum atomic E-state index is 0.465. The molecule has 6 rings (SSSR count). The van der Waals surface area contributed by atoms with Crippen LogP contribution in [0.15, 0.2) is 42.5 Å². The highest BCUT2D eigenvalue weighted by Gasteiger charge is 2.28. The Morgan fingerprint density at radius 1 is 0.774 bits per heavy atom. The Balaban J connectivity index is 1.28. The zero-order chi connectivity index (χ0) is 20.8. The summed E-state index contributed by atoms with van der Waals surface area (Å²) < 4.78 is 0. The normalized spacial score (nSPS) is 17.8. The number of nitrogens with zero attached hydrogens (tertiary/aromatic N) is 5. The summed E-state index contributed by atoms with van der Waals surface area (Å²) in [5.41, 5.74) is 5.45. The number of hydrogen-bond donors (Lipinski definition) is 1. The Labute approximate surface area is 182 Å². The molecule has 0 amide bonds. The van der Waals surface area contributed by atoms with E-state index in [2.05, 4.69) is 52.0 Å². The van der Waals surface area contributed by atoms with Crippen LogP contribution in [-0.2, 0) is 0 Å². The Bertz CT molecular complexity index is 1230. The van der Waals surface area contributed by atoms with Crippen LogP contribution in [0.1, 0.15) is 43.0 Å². The highest BCUT2D eigenvalue weighted by Crippen LogP contribution is 2.35. The molecule has 0 aliphatic carbocycles. The van der Waals surface area contributed by atoms with Gasteiger partial charge >= 0.3 is 0 Å². The van der Waals surface area contributed by atoms with E-state index in [-0.39, 0.29) is 0 Å². The summed E-state index contributed by atoms with van der Waals surface area (Å²) in [5, 5.41) is 0. The van der Waals surface area contributed by atoms with Crippen LogP contribution < -0.4 is 9.80 Å². The van der Waals surface area contributed by atoms with Crippen LogP contribution in [0.3, 0.4) is 0 Å². The molecule has 0 spiro atoms. The lowest BCUT2D eigenvalue weighted by Gasteiger charge is -2.34. The lowest BCUT2D eigenvalue weighted by molar-refractivity contribution is 0.487. The molecule has 2 aliphatic heterocycles. The smallest absolute Gasteiger partial charge is 0.172 e. The first-order valence-electron chi connectivity index (χ1n) is 11.5. The monoisotopic (exact) mass is 412 g/mol. The quantitative estimate of drug-likeness (QED) is 0.524. The van der Waals surface area contributed by atoms with Gasteiger partial charge < -0.3 is 14.8 Å². The average molecular weight is 413 g/mol. The third-order valence-corrected chi connectivity index (χ3v) is 6.78. The second-order valence-corrected chi connectivity index (χ2v) is 8.96. The van der Waals surface area contributed by atoms with Crippen molar-refractivity contribution in [3.05, 3.63) is 53.9 Å². The average Bonchev–Trinajstić information content (AvgIpc) is 3.48. The van der Waals surface area contributed by atoms with E-state index in [9.17, 15) is 0 Å². The van der Waals surface area contributed by atoms with Gasteiger partial charge in [0, 0.05) is 32.1 Å². The standard InChI is InChI=1S/C25H28N6/c1-17-8-9-21-22(16-17)27-23(26-21)18-10-14-31(15-11-18)25-24(30-12-4-5-13-30)28-19-6-2-3-7-20(19)29-25/h2-3,6-9,16,18H,4-5,10-15H2,1H3,(H,26,27). The predicted octanol–water partition coefficient (Wildman–Crippen LogP) is 4.80. The second-order valence-electron chi connectivity index (χ2n) is 8.96. The number of aromatic nitrogens is 4.